The molecule has 0 aliphatic carbocycles. The molecule has 1 aliphatic rings. The van der Waals surface area contributed by atoms with Gasteiger partial charge in [0.15, 0.2) is 0 Å². The van der Waals surface area contributed by atoms with Crippen molar-refractivity contribution in [2.45, 2.75) is 26.3 Å². The lowest BCUT2D eigenvalue weighted by Crippen LogP contribution is -2.35. The van der Waals surface area contributed by atoms with Gasteiger partial charge in [-0.25, -0.2) is 4.79 Å². The van der Waals surface area contributed by atoms with Crippen LogP contribution in [-0.4, -0.2) is 56.7 Å². The molecule has 2 rings (SSSR count). The molecule has 1 fully saturated rings. The van der Waals surface area contributed by atoms with Crippen LogP contribution in [0.2, 0.25) is 0 Å². The van der Waals surface area contributed by atoms with Crippen molar-refractivity contribution >= 4 is 30.0 Å². The van der Waals surface area contributed by atoms with Crippen molar-refractivity contribution in [1.82, 2.24) is 10.2 Å². The molecular weight excluding hydrogens is 356 g/mol. The Kier molecular flexibility index (Phi) is 8.17. The number of hydrogen-bond acceptors (Lipinski definition) is 4. The third-order valence-corrected chi connectivity index (χ3v) is 4.57. The number of nitrogens with one attached hydrogen (secondary N) is 1. The average molecular weight is 385 g/mol. The largest absolute Gasteiger partial charge is 0.495 e. The van der Waals surface area contributed by atoms with Crippen molar-refractivity contribution in [3.8, 4) is 5.75 Å². The first kappa shape index (κ1) is 22.1. The van der Waals surface area contributed by atoms with Crippen molar-refractivity contribution in [2.24, 2.45) is 11.7 Å². The zero-order valence-electron chi connectivity index (χ0n) is 15.8. The van der Waals surface area contributed by atoms with E-state index >= 15 is 0 Å². The number of hydrogen-bond donors (Lipinski definition) is 2. The highest BCUT2D eigenvalue weighted by atomic mass is 35.5. The van der Waals surface area contributed by atoms with E-state index in [0.29, 0.717) is 42.6 Å². The molecule has 0 saturated carbocycles. The number of carbonyl (C=O) groups is 2. The highest BCUT2D eigenvalue weighted by molar-refractivity contribution is 5.99. The van der Waals surface area contributed by atoms with E-state index in [1.165, 1.54) is 0 Å². The summed E-state index contributed by atoms with van der Waals surface area (Å²) < 4.78 is 5.34. The van der Waals surface area contributed by atoms with Gasteiger partial charge in [-0.3, -0.25) is 9.69 Å². The second-order valence-electron chi connectivity index (χ2n) is 6.69. The van der Waals surface area contributed by atoms with Gasteiger partial charge in [-0.1, -0.05) is 13.8 Å². The van der Waals surface area contributed by atoms with Gasteiger partial charge in [-0.15, -0.1) is 12.4 Å². The molecule has 26 heavy (non-hydrogen) atoms. The number of urea groups is 1. The van der Waals surface area contributed by atoms with Crippen molar-refractivity contribution in [3.63, 3.8) is 0 Å². The Bertz CT molecular complexity index is 639. The molecule has 0 aromatic heterocycles. The van der Waals surface area contributed by atoms with Crippen LogP contribution in [0.5, 0.6) is 5.75 Å². The summed E-state index contributed by atoms with van der Waals surface area (Å²) in [5.41, 5.74) is 7.19. The number of carbonyl (C=O) groups excluding carboxylic acids is 2. The number of ether oxygens (including phenoxy) is 1. The maximum atomic E-state index is 12.7. The first-order valence-electron chi connectivity index (χ1n) is 8.59. The molecule has 3 amide bonds. The van der Waals surface area contributed by atoms with Gasteiger partial charge in [0.2, 0.25) is 0 Å². The molecule has 1 atom stereocenters. The van der Waals surface area contributed by atoms with Crippen LogP contribution in [0.3, 0.4) is 0 Å². The molecule has 3 N–H and O–H groups in total. The minimum absolute atomic E-state index is 0. The fourth-order valence-electron chi connectivity index (χ4n) is 2.73. The lowest BCUT2D eigenvalue weighted by Gasteiger charge is -2.23. The number of benzene rings is 1. The van der Waals surface area contributed by atoms with Crippen molar-refractivity contribution in [3.05, 3.63) is 23.8 Å². The SMILES string of the molecule is COc1ccc(C(=O)N(C)CCC(N)C(C)C)cc1N1CCNC1=O.Cl. The van der Waals surface area contributed by atoms with Crippen LogP contribution < -0.4 is 20.7 Å². The van der Waals surface area contributed by atoms with E-state index in [1.807, 2.05) is 0 Å². The number of nitrogens with two attached hydrogens (primary N) is 1. The molecule has 1 aliphatic heterocycles. The fraction of sp³-hybridized carbons (Fsp3) is 0.556. The number of nitrogens with zero attached hydrogens (tertiary/aromatic N) is 2. The van der Waals surface area contributed by atoms with Crippen LogP contribution >= 0.6 is 12.4 Å². The van der Waals surface area contributed by atoms with Gasteiger partial charge in [0.25, 0.3) is 5.91 Å². The van der Waals surface area contributed by atoms with Gasteiger partial charge in [0.05, 0.1) is 12.8 Å². The van der Waals surface area contributed by atoms with E-state index in [2.05, 4.69) is 19.2 Å². The zero-order valence-corrected chi connectivity index (χ0v) is 16.6. The van der Waals surface area contributed by atoms with Crippen LogP contribution in [0.25, 0.3) is 0 Å². The molecule has 0 radical (unpaired) electrons. The first-order valence-corrected chi connectivity index (χ1v) is 8.59. The molecule has 1 saturated heterocycles. The topological polar surface area (TPSA) is 87.9 Å². The van der Waals surface area contributed by atoms with E-state index in [0.717, 1.165) is 6.42 Å². The minimum atomic E-state index is -0.181. The van der Waals surface area contributed by atoms with Crippen molar-refractivity contribution in [1.29, 1.82) is 0 Å². The summed E-state index contributed by atoms with van der Waals surface area (Å²) in [4.78, 5) is 27.9. The van der Waals surface area contributed by atoms with E-state index < -0.39 is 0 Å². The van der Waals surface area contributed by atoms with E-state index in [4.69, 9.17) is 10.5 Å². The maximum Gasteiger partial charge on any atom is 0.322 e. The number of amides is 3. The Labute approximate surface area is 161 Å². The summed E-state index contributed by atoms with van der Waals surface area (Å²) >= 11 is 0. The number of methoxy groups -OCH3 is 1. The van der Waals surface area contributed by atoms with Crippen LogP contribution in [0.15, 0.2) is 18.2 Å². The van der Waals surface area contributed by atoms with Gasteiger partial charge in [0.1, 0.15) is 5.75 Å². The lowest BCUT2D eigenvalue weighted by atomic mass is 10.0. The summed E-state index contributed by atoms with van der Waals surface area (Å²) in [7, 11) is 3.32. The summed E-state index contributed by atoms with van der Waals surface area (Å²) in [5.74, 6) is 0.849. The molecule has 146 valence electrons. The minimum Gasteiger partial charge on any atom is -0.495 e. The first-order chi connectivity index (χ1) is 11.8. The molecule has 1 aromatic carbocycles. The van der Waals surface area contributed by atoms with Gasteiger partial charge >= 0.3 is 6.03 Å². The zero-order chi connectivity index (χ0) is 18.6. The lowest BCUT2D eigenvalue weighted by molar-refractivity contribution is 0.0789. The Morgan fingerprint density at radius 2 is 2.12 bits per heavy atom. The van der Waals surface area contributed by atoms with Crippen LogP contribution in [-0.2, 0) is 0 Å². The van der Waals surface area contributed by atoms with Crippen LogP contribution in [0.4, 0.5) is 10.5 Å². The molecule has 1 unspecified atom stereocenters. The summed E-state index contributed by atoms with van der Waals surface area (Å²) in [6.45, 7) is 5.86. The maximum absolute atomic E-state index is 12.7. The number of halogens is 1. The Morgan fingerprint density at radius 3 is 2.65 bits per heavy atom. The normalized spacial score (nSPS) is 14.7. The Morgan fingerprint density at radius 1 is 1.42 bits per heavy atom. The van der Waals surface area contributed by atoms with Crippen molar-refractivity contribution < 1.29 is 14.3 Å². The van der Waals surface area contributed by atoms with Crippen LogP contribution in [0.1, 0.15) is 30.6 Å². The fourth-order valence-corrected chi connectivity index (χ4v) is 2.73. The smallest absolute Gasteiger partial charge is 0.322 e. The predicted molar refractivity (Wildman–Crippen MR) is 105 cm³/mol. The highest BCUT2D eigenvalue weighted by Crippen LogP contribution is 2.30. The third kappa shape index (κ3) is 5.02. The van der Waals surface area contributed by atoms with Crippen LogP contribution in [0, 0.1) is 5.92 Å². The van der Waals surface area contributed by atoms with Gasteiger partial charge in [0, 0.05) is 38.3 Å². The average Bonchev–Trinajstić information content (AvgIpc) is 3.03. The molecule has 1 aromatic rings. The van der Waals surface area contributed by atoms with Gasteiger partial charge < -0.3 is 20.7 Å². The molecule has 7 nitrogen and oxygen atoms in total. The predicted octanol–water partition coefficient (Wildman–Crippen LogP) is 2.09. The third-order valence-electron chi connectivity index (χ3n) is 4.57. The van der Waals surface area contributed by atoms with Crippen molar-refractivity contribution in [2.75, 3.05) is 38.7 Å². The van der Waals surface area contributed by atoms with E-state index in [9.17, 15) is 9.59 Å². The van der Waals surface area contributed by atoms with Gasteiger partial charge in [-0.2, -0.15) is 0 Å². The number of anilines is 1. The number of rotatable bonds is 7. The molecule has 1 heterocycles. The Hall–Kier alpha value is -1.99. The molecule has 0 spiro atoms. The summed E-state index contributed by atoms with van der Waals surface area (Å²) in [5, 5.41) is 2.76. The molecule has 8 heteroatoms. The monoisotopic (exact) mass is 384 g/mol. The summed E-state index contributed by atoms with van der Waals surface area (Å²) in [6.07, 6.45) is 0.747. The Balaban J connectivity index is 0.00000338. The molecule has 0 bridgehead atoms. The highest BCUT2D eigenvalue weighted by Gasteiger charge is 2.25. The standard InChI is InChI=1S/C18H28N4O3.ClH/c1-12(2)14(19)7-9-21(3)17(23)13-5-6-16(25-4)15(11-13)22-10-8-20-18(22)24;/h5-6,11-12,14H,7-10,19H2,1-4H3,(H,20,24);1H. The molecular formula is C18H29ClN4O3. The van der Waals surface area contributed by atoms with E-state index in [1.54, 1.807) is 42.2 Å². The second-order valence-corrected chi connectivity index (χ2v) is 6.69. The second kappa shape index (κ2) is 9.64. The van der Waals surface area contributed by atoms with Gasteiger partial charge in [-0.05, 0) is 30.5 Å². The van der Waals surface area contributed by atoms with E-state index in [-0.39, 0.29) is 30.4 Å². The summed E-state index contributed by atoms with van der Waals surface area (Å²) in [6, 6.07) is 5.04. The quantitative estimate of drug-likeness (QED) is 0.753.